The number of fused-ring (bicyclic) bond motifs is 1. The molecule has 1 saturated heterocycles. The van der Waals surface area contributed by atoms with Gasteiger partial charge in [0.1, 0.15) is 5.01 Å². The van der Waals surface area contributed by atoms with Crippen molar-refractivity contribution < 1.29 is 4.92 Å². The molecule has 0 spiro atoms. The minimum Gasteiger partial charge on any atom is -0.290 e. The Morgan fingerprint density at radius 1 is 1.25 bits per heavy atom. The Hall–Kier alpha value is -2.31. The van der Waals surface area contributed by atoms with Crippen molar-refractivity contribution in [1.82, 2.24) is 9.88 Å². The summed E-state index contributed by atoms with van der Waals surface area (Å²) in [6.45, 7) is 1.73. The third kappa shape index (κ3) is 2.90. The van der Waals surface area contributed by atoms with Crippen molar-refractivity contribution in [3.05, 3.63) is 69.2 Å². The Morgan fingerprint density at radius 2 is 2.12 bits per heavy atom. The van der Waals surface area contributed by atoms with Crippen molar-refractivity contribution in [1.29, 1.82) is 0 Å². The summed E-state index contributed by atoms with van der Waals surface area (Å²) in [5, 5.41) is 12.1. The molecule has 1 aliphatic rings. The maximum absolute atomic E-state index is 11.0. The number of likely N-dealkylation sites (tertiary alicyclic amines) is 1. The van der Waals surface area contributed by atoms with Crippen molar-refractivity contribution in [3.63, 3.8) is 0 Å². The summed E-state index contributed by atoms with van der Waals surface area (Å²) in [4.78, 5) is 17.8. The van der Waals surface area contributed by atoms with Crippen molar-refractivity contribution in [2.24, 2.45) is 0 Å². The molecule has 6 heteroatoms. The molecule has 5 nitrogen and oxygen atoms in total. The number of non-ortho nitro benzene ring substituents is 1. The molecule has 0 amide bonds. The van der Waals surface area contributed by atoms with Gasteiger partial charge in [0.05, 0.1) is 21.2 Å². The molecule has 24 heavy (non-hydrogen) atoms. The normalized spacial score (nSPS) is 18.2. The van der Waals surface area contributed by atoms with Crippen LogP contribution in [0.25, 0.3) is 10.2 Å². The average Bonchev–Trinajstić information content (AvgIpc) is 3.21. The monoisotopic (exact) mass is 339 g/mol. The highest BCUT2D eigenvalue weighted by Gasteiger charge is 2.28. The van der Waals surface area contributed by atoms with Crippen LogP contribution in [0.1, 0.15) is 29.5 Å². The number of hydrogen-bond donors (Lipinski definition) is 0. The van der Waals surface area contributed by atoms with Crippen LogP contribution in [0.2, 0.25) is 0 Å². The highest BCUT2D eigenvalue weighted by Crippen LogP contribution is 2.37. The molecule has 1 aromatic heterocycles. The van der Waals surface area contributed by atoms with Crippen LogP contribution >= 0.6 is 11.3 Å². The van der Waals surface area contributed by atoms with Crippen molar-refractivity contribution in [2.75, 3.05) is 6.54 Å². The lowest BCUT2D eigenvalue weighted by Crippen LogP contribution is -2.22. The third-order valence-electron chi connectivity index (χ3n) is 4.47. The zero-order chi connectivity index (χ0) is 16.5. The summed E-state index contributed by atoms with van der Waals surface area (Å²) in [7, 11) is 0. The van der Waals surface area contributed by atoms with Crippen LogP contribution in [0.5, 0.6) is 0 Å². The zero-order valence-electron chi connectivity index (χ0n) is 13.1. The fourth-order valence-electron chi connectivity index (χ4n) is 3.33. The van der Waals surface area contributed by atoms with E-state index in [9.17, 15) is 10.1 Å². The number of hydrogen-bond acceptors (Lipinski definition) is 5. The first-order valence-corrected chi connectivity index (χ1v) is 8.85. The van der Waals surface area contributed by atoms with Gasteiger partial charge in [0.25, 0.3) is 5.69 Å². The van der Waals surface area contributed by atoms with Crippen LogP contribution in [0.3, 0.4) is 0 Å². The molecular formula is C18H17N3O2S. The fraction of sp³-hybridized carbons (Fsp3) is 0.278. The van der Waals surface area contributed by atoms with Crippen LogP contribution < -0.4 is 0 Å². The van der Waals surface area contributed by atoms with Crippen LogP contribution in [0.4, 0.5) is 5.69 Å². The summed E-state index contributed by atoms with van der Waals surface area (Å²) in [5.41, 5.74) is 2.19. The maximum Gasteiger partial charge on any atom is 0.269 e. The van der Waals surface area contributed by atoms with Crippen LogP contribution in [0, 0.1) is 10.1 Å². The van der Waals surface area contributed by atoms with Gasteiger partial charge in [-0.2, -0.15) is 0 Å². The summed E-state index contributed by atoms with van der Waals surface area (Å²) in [5.74, 6) is 0. The first-order chi connectivity index (χ1) is 11.7. The van der Waals surface area contributed by atoms with E-state index >= 15 is 0 Å². The standard InChI is InChI=1S/C18H17N3O2S/c22-21(23)14-6-3-5-13(11-14)12-20-10-4-8-16(20)18-19-15-7-1-2-9-17(15)24-18/h1-3,5-7,9,11,16H,4,8,10,12H2/t16-/m0/s1. The molecule has 1 atom stereocenters. The molecule has 3 aromatic rings. The molecular weight excluding hydrogens is 322 g/mol. The highest BCUT2D eigenvalue weighted by atomic mass is 32.1. The first kappa shape index (κ1) is 15.2. The third-order valence-corrected chi connectivity index (χ3v) is 5.60. The predicted molar refractivity (Wildman–Crippen MR) is 95.1 cm³/mol. The number of nitrogens with zero attached hydrogens (tertiary/aromatic N) is 3. The molecule has 1 fully saturated rings. The summed E-state index contributed by atoms with van der Waals surface area (Å²) in [6, 6.07) is 15.5. The molecule has 0 N–H and O–H groups in total. The quantitative estimate of drug-likeness (QED) is 0.517. The Balaban J connectivity index is 1.58. The van der Waals surface area contributed by atoms with Gasteiger partial charge in [0, 0.05) is 18.7 Å². The van der Waals surface area contributed by atoms with Crippen molar-refractivity contribution >= 4 is 27.2 Å². The SMILES string of the molecule is O=[N+]([O-])c1cccc(CN2CCC[C@H]2c2nc3ccccc3s2)c1. The number of aromatic nitrogens is 1. The largest absolute Gasteiger partial charge is 0.290 e. The number of nitro benzene ring substituents is 1. The Labute approximate surface area is 143 Å². The van der Waals surface area contributed by atoms with Gasteiger partial charge in [-0.1, -0.05) is 24.3 Å². The number of rotatable bonds is 4. The van der Waals surface area contributed by atoms with E-state index in [1.54, 1.807) is 29.5 Å². The van der Waals surface area contributed by atoms with Gasteiger partial charge in [0.15, 0.2) is 0 Å². The van der Waals surface area contributed by atoms with E-state index in [2.05, 4.69) is 17.0 Å². The van der Waals surface area contributed by atoms with Gasteiger partial charge in [-0.05, 0) is 37.1 Å². The predicted octanol–water partition coefficient (Wildman–Crippen LogP) is 4.54. The molecule has 4 rings (SSSR count). The van der Waals surface area contributed by atoms with Gasteiger partial charge in [0.2, 0.25) is 0 Å². The molecule has 2 heterocycles. The number of para-hydroxylation sites is 1. The van der Waals surface area contributed by atoms with Gasteiger partial charge in [-0.3, -0.25) is 15.0 Å². The van der Waals surface area contributed by atoms with E-state index in [4.69, 9.17) is 4.98 Å². The van der Waals surface area contributed by atoms with Gasteiger partial charge in [-0.15, -0.1) is 11.3 Å². The number of benzene rings is 2. The van der Waals surface area contributed by atoms with E-state index < -0.39 is 0 Å². The van der Waals surface area contributed by atoms with E-state index in [-0.39, 0.29) is 10.6 Å². The van der Waals surface area contributed by atoms with Crippen LogP contribution in [-0.4, -0.2) is 21.4 Å². The Morgan fingerprint density at radius 3 is 2.96 bits per heavy atom. The lowest BCUT2D eigenvalue weighted by Gasteiger charge is -2.22. The lowest BCUT2D eigenvalue weighted by atomic mass is 10.1. The Kier molecular flexibility index (Phi) is 4.00. The maximum atomic E-state index is 11.0. The van der Waals surface area contributed by atoms with E-state index in [0.717, 1.165) is 42.0 Å². The molecule has 1 aliphatic heterocycles. The van der Waals surface area contributed by atoms with Gasteiger partial charge >= 0.3 is 0 Å². The lowest BCUT2D eigenvalue weighted by molar-refractivity contribution is -0.384. The molecule has 122 valence electrons. The first-order valence-electron chi connectivity index (χ1n) is 8.03. The molecule has 0 bridgehead atoms. The fourth-order valence-corrected chi connectivity index (χ4v) is 4.47. The minimum absolute atomic E-state index is 0.156. The average molecular weight is 339 g/mol. The summed E-state index contributed by atoms with van der Waals surface area (Å²) in [6.07, 6.45) is 2.23. The van der Waals surface area contributed by atoms with Gasteiger partial charge < -0.3 is 0 Å². The molecule has 2 aromatic carbocycles. The second-order valence-corrected chi connectivity index (χ2v) is 7.14. The smallest absolute Gasteiger partial charge is 0.269 e. The van der Waals surface area contributed by atoms with Crippen LogP contribution in [-0.2, 0) is 6.54 Å². The van der Waals surface area contributed by atoms with Gasteiger partial charge in [-0.25, -0.2) is 4.98 Å². The summed E-state index contributed by atoms with van der Waals surface area (Å²) < 4.78 is 1.22. The van der Waals surface area contributed by atoms with E-state index in [1.807, 2.05) is 18.2 Å². The van der Waals surface area contributed by atoms with Crippen molar-refractivity contribution in [2.45, 2.75) is 25.4 Å². The molecule has 0 saturated carbocycles. The number of thiazole rings is 1. The topological polar surface area (TPSA) is 59.3 Å². The second-order valence-electron chi connectivity index (χ2n) is 6.08. The van der Waals surface area contributed by atoms with Crippen molar-refractivity contribution in [3.8, 4) is 0 Å². The summed E-state index contributed by atoms with van der Waals surface area (Å²) >= 11 is 1.76. The Bertz CT molecular complexity index is 860. The molecule has 0 unspecified atom stereocenters. The molecule has 0 aliphatic carbocycles. The molecule has 0 radical (unpaired) electrons. The van der Waals surface area contributed by atoms with E-state index in [1.165, 1.54) is 4.70 Å². The zero-order valence-corrected chi connectivity index (χ0v) is 13.9. The minimum atomic E-state index is -0.335. The second kappa shape index (κ2) is 6.30. The van der Waals surface area contributed by atoms with Crippen LogP contribution in [0.15, 0.2) is 48.5 Å². The van der Waals surface area contributed by atoms with E-state index in [0.29, 0.717) is 6.04 Å². The number of nitro groups is 1. The highest BCUT2D eigenvalue weighted by molar-refractivity contribution is 7.18.